The predicted octanol–water partition coefficient (Wildman–Crippen LogP) is 2.41. The Kier molecular flexibility index (Phi) is 2.46. The second-order valence-corrected chi connectivity index (χ2v) is 5.64. The van der Waals surface area contributed by atoms with Gasteiger partial charge in [0.25, 0.3) is 10.1 Å². The number of benzene rings is 1. The van der Waals surface area contributed by atoms with Crippen LogP contribution in [0.15, 0.2) is 36.5 Å². The lowest BCUT2D eigenvalue weighted by atomic mass is 9.96. The zero-order valence-electron chi connectivity index (χ0n) is 9.50. The van der Waals surface area contributed by atoms with Crippen molar-refractivity contribution in [3.05, 3.63) is 47.8 Å². The van der Waals surface area contributed by atoms with Gasteiger partial charge in [-0.05, 0) is 23.8 Å². The van der Waals surface area contributed by atoms with Gasteiger partial charge in [-0.2, -0.15) is 8.42 Å². The largest absolute Gasteiger partial charge is 0.296 e. The molecule has 0 unspecified atom stereocenters. The molecule has 1 aromatic heterocycles. The second kappa shape index (κ2) is 3.90. The lowest BCUT2D eigenvalue weighted by Gasteiger charge is -2.16. The summed E-state index contributed by atoms with van der Waals surface area (Å²) in [4.78, 5) is 4.11. The number of fused-ring (bicyclic) bond motifs is 3. The van der Waals surface area contributed by atoms with E-state index in [0.717, 1.165) is 22.8 Å². The van der Waals surface area contributed by atoms with Crippen LogP contribution >= 0.6 is 0 Å². The maximum absolute atomic E-state index is 11.3. The fraction of sp³-hybridized carbons (Fsp3) is 0.154. The lowest BCUT2D eigenvalue weighted by molar-refractivity contribution is 0.496. The highest BCUT2D eigenvalue weighted by atomic mass is 32.2. The maximum atomic E-state index is 11.3. The normalized spacial score (nSPS) is 15.3. The van der Waals surface area contributed by atoms with Gasteiger partial charge in [0, 0.05) is 11.6 Å². The SMILES string of the molecule is O=S(=O)(O)C1=CCCc2c1ncc1ccccc21. The molecule has 0 spiro atoms. The zero-order valence-corrected chi connectivity index (χ0v) is 10.3. The molecule has 0 saturated heterocycles. The Morgan fingerprint density at radius 3 is 2.78 bits per heavy atom. The third-order valence-corrected chi connectivity index (χ3v) is 4.06. The van der Waals surface area contributed by atoms with Gasteiger partial charge in [-0.1, -0.05) is 30.3 Å². The van der Waals surface area contributed by atoms with E-state index in [1.54, 1.807) is 6.20 Å². The van der Waals surface area contributed by atoms with Crippen molar-refractivity contribution in [2.75, 3.05) is 0 Å². The van der Waals surface area contributed by atoms with Crippen LogP contribution in [0.2, 0.25) is 0 Å². The molecule has 1 aromatic carbocycles. The van der Waals surface area contributed by atoms with E-state index < -0.39 is 10.1 Å². The van der Waals surface area contributed by atoms with Gasteiger partial charge >= 0.3 is 0 Å². The van der Waals surface area contributed by atoms with Crippen LogP contribution in [0.3, 0.4) is 0 Å². The lowest BCUT2D eigenvalue weighted by Crippen LogP contribution is -2.10. The number of allylic oxidation sites excluding steroid dienone is 1. The third-order valence-electron chi connectivity index (χ3n) is 3.14. The maximum Gasteiger partial charge on any atom is 0.296 e. The molecule has 1 aliphatic rings. The van der Waals surface area contributed by atoms with E-state index in [2.05, 4.69) is 4.98 Å². The van der Waals surface area contributed by atoms with Crippen LogP contribution in [0.1, 0.15) is 17.7 Å². The minimum absolute atomic E-state index is 0.0745. The summed E-state index contributed by atoms with van der Waals surface area (Å²) >= 11 is 0. The van der Waals surface area contributed by atoms with Gasteiger partial charge in [-0.15, -0.1) is 0 Å². The van der Waals surface area contributed by atoms with Crippen LogP contribution in [0.5, 0.6) is 0 Å². The van der Waals surface area contributed by atoms with E-state index in [-0.39, 0.29) is 4.91 Å². The Hall–Kier alpha value is -1.72. The first kappa shape index (κ1) is 11.4. The second-order valence-electron chi connectivity index (χ2n) is 4.25. The first-order chi connectivity index (χ1) is 8.57. The third kappa shape index (κ3) is 1.72. The van der Waals surface area contributed by atoms with Crippen molar-refractivity contribution < 1.29 is 13.0 Å². The number of hydrogen-bond acceptors (Lipinski definition) is 3. The fourth-order valence-corrected chi connectivity index (χ4v) is 3.11. The Balaban J connectivity index is 2.35. The Labute approximate surface area is 105 Å². The van der Waals surface area contributed by atoms with Crippen molar-refractivity contribution in [1.82, 2.24) is 4.98 Å². The minimum Gasteiger partial charge on any atom is -0.282 e. The van der Waals surface area contributed by atoms with Gasteiger partial charge < -0.3 is 0 Å². The summed E-state index contributed by atoms with van der Waals surface area (Å²) in [5.74, 6) is 0. The van der Waals surface area contributed by atoms with Gasteiger partial charge in [0.1, 0.15) is 4.91 Å². The average molecular weight is 261 g/mol. The van der Waals surface area contributed by atoms with E-state index in [1.807, 2.05) is 24.3 Å². The molecule has 1 aliphatic carbocycles. The van der Waals surface area contributed by atoms with Crippen LogP contribution in [0.4, 0.5) is 0 Å². The number of pyridine rings is 1. The highest BCUT2D eigenvalue weighted by Crippen LogP contribution is 2.32. The topological polar surface area (TPSA) is 67.3 Å². The fourth-order valence-electron chi connectivity index (χ4n) is 2.36. The average Bonchev–Trinajstić information content (AvgIpc) is 2.36. The van der Waals surface area contributed by atoms with Crippen molar-refractivity contribution >= 4 is 25.8 Å². The van der Waals surface area contributed by atoms with E-state index >= 15 is 0 Å². The van der Waals surface area contributed by atoms with Crippen molar-refractivity contribution in [3.63, 3.8) is 0 Å². The van der Waals surface area contributed by atoms with Crippen LogP contribution in [-0.4, -0.2) is 18.0 Å². The molecule has 5 heteroatoms. The van der Waals surface area contributed by atoms with Crippen molar-refractivity contribution in [3.8, 4) is 0 Å². The van der Waals surface area contributed by atoms with E-state index in [9.17, 15) is 13.0 Å². The zero-order chi connectivity index (χ0) is 12.8. The Bertz CT molecular complexity index is 763. The molecule has 1 N–H and O–H groups in total. The molecule has 0 bridgehead atoms. The van der Waals surface area contributed by atoms with Gasteiger partial charge in [0.05, 0.1) is 5.69 Å². The molecule has 92 valence electrons. The molecule has 0 amide bonds. The number of hydrogen-bond donors (Lipinski definition) is 1. The molecule has 0 atom stereocenters. The van der Waals surface area contributed by atoms with Crippen molar-refractivity contribution in [1.29, 1.82) is 0 Å². The Morgan fingerprint density at radius 2 is 2.00 bits per heavy atom. The molecule has 0 saturated carbocycles. The summed E-state index contributed by atoms with van der Waals surface area (Å²) in [7, 11) is -4.21. The summed E-state index contributed by atoms with van der Waals surface area (Å²) in [6.45, 7) is 0. The first-order valence-electron chi connectivity index (χ1n) is 5.62. The van der Waals surface area contributed by atoms with Crippen LogP contribution < -0.4 is 0 Å². The van der Waals surface area contributed by atoms with Gasteiger partial charge in [0.15, 0.2) is 0 Å². The molecule has 0 fully saturated rings. The van der Waals surface area contributed by atoms with Crippen LogP contribution in [0, 0.1) is 0 Å². The molecular weight excluding hydrogens is 250 g/mol. The monoisotopic (exact) mass is 261 g/mol. The molecular formula is C13H11NO3S. The predicted molar refractivity (Wildman–Crippen MR) is 69.6 cm³/mol. The molecule has 4 nitrogen and oxygen atoms in total. The summed E-state index contributed by atoms with van der Waals surface area (Å²) in [6.07, 6.45) is 4.50. The molecule has 2 aromatic rings. The first-order valence-corrected chi connectivity index (χ1v) is 7.06. The highest BCUT2D eigenvalue weighted by molar-refractivity contribution is 7.95. The number of rotatable bonds is 1. The van der Waals surface area contributed by atoms with Gasteiger partial charge in [0.2, 0.25) is 0 Å². The number of nitrogens with zero attached hydrogens (tertiary/aromatic N) is 1. The molecule has 18 heavy (non-hydrogen) atoms. The Morgan fingerprint density at radius 1 is 1.22 bits per heavy atom. The number of aromatic nitrogens is 1. The molecule has 0 radical (unpaired) electrons. The molecule has 0 aliphatic heterocycles. The van der Waals surface area contributed by atoms with Crippen molar-refractivity contribution in [2.24, 2.45) is 0 Å². The molecule has 3 rings (SSSR count). The van der Waals surface area contributed by atoms with Crippen LogP contribution in [0.25, 0.3) is 15.7 Å². The van der Waals surface area contributed by atoms with Gasteiger partial charge in [-0.3, -0.25) is 9.54 Å². The standard InChI is InChI=1S/C13H11NO3S/c15-18(16,17)12-7-3-6-11-10-5-2-1-4-9(10)8-14-13(11)12/h1-2,4-5,7-8H,3,6H2,(H,15,16,17). The van der Waals surface area contributed by atoms with E-state index in [1.165, 1.54) is 6.08 Å². The highest BCUT2D eigenvalue weighted by Gasteiger charge is 2.24. The summed E-state index contributed by atoms with van der Waals surface area (Å²) in [6, 6.07) is 7.71. The minimum atomic E-state index is -4.21. The number of aryl methyl sites for hydroxylation is 1. The quantitative estimate of drug-likeness (QED) is 0.800. The van der Waals surface area contributed by atoms with E-state index in [4.69, 9.17) is 0 Å². The van der Waals surface area contributed by atoms with Crippen molar-refractivity contribution in [2.45, 2.75) is 12.8 Å². The van der Waals surface area contributed by atoms with E-state index in [0.29, 0.717) is 12.1 Å². The molecule has 1 heterocycles. The van der Waals surface area contributed by atoms with Crippen LogP contribution in [-0.2, 0) is 16.5 Å². The summed E-state index contributed by atoms with van der Waals surface area (Å²) < 4.78 is 31.9. The smallest absolute Gasteiger partial charge is 0.282 e. The summed E-state index contributed by atoms with van der Waals surface area (Å²) in [5.41, 5.74) is 1.27. The van der Waals surface area contributed by atoms with Gasteiger partial charge in [-0.25, -0.2) is 0 Å². The summed E-state index contributed by atoms with van der Waals surface area (Å²) in [5, 5.41) is 1.98.